The van der Waals surface area contributed by atoms with Crippen LogP contribution in [0.4, 0.5) is 4.79 Å². The normalized spacial score (nSPS) is 17.3. The highest BCUT2D eigenvalue weighted by Gasteiger charge is 2.37. The maximum Gasteiger partial charge on any atom is 0.324 e. The largest absolute Gasteiger partial charge is 0.493 e. The molecule has 9 nitrogen and oxygen atoms in total. The zero-order valence-electron chi connectivity index (χ0n) is 17.0. The highest BCUT2D eigenvalue weighted by Crippen LogP contribution is 2.40. The number of rotatable bonds is 7. The predicted octanol–water partition coefficient (Wildman–Crippen LogP) is 1.19. The second-order valence-electron chi connectivity index (χ2n) is 7.03. The van der Waals surface area contributed by atoms with Crippen LogP contribution in [-0.2, 0) is 16.0 Å². The molecule has 4 amide bonds. The average Bonchev–Trinajstić information content (AvgIpc) is 3.09. The first-order valence-electron chi connectivity index (χ1n) is 9.65. The van der Waals surface area contributed by atoms with Crippen LogP contribution < -0.4 is 19.5 Å². The third-order valence-corrected chi connectivity index (χ3v) is 5.45. The second kappa shape index (κ2) is 9.02. The number of benzene rings is 1. The molecule has 1 N–H and O–H groups in total. The Morgan fingerprint density at radius 3 is 2.31 bits per heavy atom. The van der Waals surface area contributed by atoms with Crippen molar-refractivity contribution in [3.05, 3.63) is 17.7 Å². The lowest BCUT2D eigenvalue weighted by molar-refractivity contribution is -0.133. The van der Waals surface area contributed by atoms with Crippen molar-refractivity contribution >= 4 is 17.8 Å². The minimum absolute atomic E-state index is 0.0393. The number of hydrogen-bond acceptors (Lipinski definition) is 6. The maximum atomic E-state index is 12.7. The number of imide groups is 1. The topological polar surface area (TPSA) is 97.4 Å². The molecule has 2 heterocycles. The number of nitrogens with zero attached hydrogens (tertiary/aromatic N) is 2. The van der Waals surface area contributed by atoms with Crippen LogP contribution in [0, 0.1) is 0 Å². The van der Waals surface area contributed by atoms with Gasteiger partial charge in [-0.15, -0.1) is 0 Å². The first-order valence-corrected chi connectivity index (χ1v) is 9.65. The van der Waals surface area contributed by atoms with E-state index in [1.54, 1.807) is 32.3 Å². The van der Waals surface area contributed by atoms with Gasteiger partial charge in [0.2, 0.25) is 17.6 Å². The van der Waals surface area contributed by atoms with Crippen LogP contribution in [0.25, 0.3) is 0 Å². The molecule has 0 atom stereocenters. The number of aryl methyl sites for hydroxylation is 1. The SMILES string of the molecule is COc1ccc(CCC(=O)N2CCC(N3C(=O)CNC3=O)CC2)c(OC)c1OC. The number of likely N-dealkylation sites (tertiary alicyclic amines) is 1. The molecule has 2 saturated heterocycles. The Balaban J connectivity index is 1.57. The predicted molar refractivity (Wildman–Crippen MR) is 104 cm³/mol. The number of nitrogens with one attached hydrogen (secondary N) is 1. The number of carbonyl (C=O) groups is 3. The second-order valence-corrected chi connectivity index (χ2v) is 7.03. The number of ether oxygens (including phenoxy) is 3. The molecular weight excluding hydrogens is 378 g/mol. The van der Waals surface area contributed by atoms with E-state index in [4.69, 9.17) is 14.2 Å². The number of urea groups is 1. The van der Waals surface area contributed by atoms with Crippen LogP contribution in [0.3, 0.4) is 0 Å². The molecule has 1 aromatic carbocycles. The lowest BCUT2D eigenvalue weighted by atomic mass is 10.0. The molecular formula is C20H27N3O6. The minimum atomic E-state index is -0.333. The molecule has 2 aliphatic heterocycles. The zero-order valence-corrected chi connectivity index (χ0v) is 17.0. The highest BCUT2D eigenvalue weighted by atomic mass is 16.5. The van der Waals surface area contributed by atoms with Gasteiger partial charge in [0.05, 0.1) is 27.9 Å². The molecule has 3 rings (SSSR count). The van der Waals surface area contributed by atoms with E-state index in [0.29, 0.717) is 56.0 Å². The van der Waals surface area contributed by atoms with Crippen molar-refractivity contribution in [1.29, 1.82) is 0 Å². The standard InChI is InChI=1S/C20H27N3O6/c1-27-15-6-4-13(18(28-2)19(15)29-3)5-7-16(24)22-10-8-14(9-11-22)23-17(25)12-21-20(23)26/h4,6,14H,5,7-12H2,1-3H3,(H,21,26). The van der Waals surface area contributed by atoms with Gasteiger partial charge < -0.3 is 24.4 Å². The van der Waals surface area contributed by atoms with Gasteiger partial charge >= 0.3 is 6.03 Å². The van der Waals surface area contributed by atoms with Crippen molar-refractivity contribution in [2.75, 3.05) is 41.0 Å². The van der Waals surface area contributed by atoms with Crippen molar-refractivity contribution < 1.29 is 28.6 Å². The Labute approximate surface area is 169 Å². The molecule has 0 aliphatic carbocycles. The third kappa shape index (κ3) is 4.23. The third-order valence-electron chi connectivity index (χ3n) is 5.45. The quantitative estimate of drug-likeness (QED) is 0.685. The Kier molecular flexibility index (Phi) is 6.46. The van der Waals surface area contributed by atoms with Gasteiger partial charge in [0.25, 0.3) is 0 Å². The lowest BCUT2D eigenvalue weighted by Crippen LogP contribution is -2.49. The number of piperidine rings is 1. The monoisotopic (exact) mass is 405 g/mol. The van der Waals surface area contributed by atoms with E-state index < -0.39 is 0 Å². The van der Waals surface area contributed by atoms with Crippen molar-refractivity contribution in [3.63, 3.8) is 0 Å². The first kappa shape index (κ1) is 20.8. The van der Waals surface area contributed by atoms with E-state index in [1.807, 2.05) is 6.07 Å². The number of methoxy groups -OCH3 is 3. The Bertz CT molecular complexity index is 773. The summed E-state index contributed by atoms with van der Waals surface area (Å²) in [5, 5.41) is 2.54. The summed E-state index contributed by atoms with van der Waals surface area (Å²) in [7, 11) is 4.66. The van der Waals surface area contributed by atoms with Crippen LogP contribution in [0.15, 0.2) is 12.1 Å². The van der Waals surface area contributed by atoms with Gasteiger partial charge in [-0.2, -0.15) is 0 Å². The zero-order chi connectivity index (χ0) is 21.0. The van der Waals surface area contributed by atoms with E-state index in [2.05, 4.69) is 5.32 Å². The van der Waals surface area contributed by atoms with Crippen molar-refractivity contribution in [1.82, 2.24) is 15.1 Å². The van der Waals surface area contributed by atoms with Gasteiger partial charge in [0.15, 0.2) is 11.5 Å². The van der Waals surface area contributed by atoms with E-state index in [-0.39, 0.29) is 30.4 Å². The summed E-state index contributed by atoms with van der Waals surface area (Å²) in [6, 6.07) is 3.20. The molecule has 2 aliphatic rings. The molecule has 2 fully saturated rings. The van der Waals surface area contributed by atoms with Crippen LogP contribution in [0.5, 0.6) is 17.2 Å². The molecule has 0 radical (unpaired) electrons. The highest BCUT2D eigenvalue weighted by molar-refractivity contribution is 6.02. The van der Waals surface area contributed by atoms with Gasteiger partial charge in [-0.25, -0.2) is 4.79 Å². The summed E-state index contributed by atoms with van der Waals surface area (Å²) in [5.74, 6) is 1.49. The van der Waals surface area contributed by atoms with E-state index in [9.17, 15) is 14.4 Å². The fourth-order valence-corrected chi connectivity index (χ4v) is 3.94. The average molecular weight is 405 g/mol. The Morgan fingerprint density at radius 1 is 1.07 bits per heavy atom. The summed E-state index contributed by atoms with van der Waals surface area (Å²) in [5.41, 5.74) is 0.868. The summed E-state index contributed by atoms with van der Waals surface area (Å²) >= 11 is 0. The van der Waals surface area contributed by atoms with Crippen LogP contribution in [-0.4, -0.2) is 74.7 Å². The molecule has 0 saturated carbocycles. The van der Waals surface area contributed by atoms with Gasteiger partial charge in [-0.05, 0) is 30.9 Å². The van der Waals surface area contributed by atoms with Crippen molar-refractivity contribution in [2.24, 2.45) is 0 Å². The van der Waals surface area contributed by atoms with E-state index >= 15 is 0 Å². The van der Waals surface area contributed by atoms with Gasteiger partial charge in [-0.3, -0.25) is 14.5 Å². The van der Waals surface area contributed by atoms with Crippen molar-refractivity contribution in [2.45, 2.75) is 31.7 Å². The van der Waals surface area contributed by atoms with Gasteiger partial charge in [0, 0.05) is 25.6 Å². The fourth-order valence-electron chi connectivity index (χ4n) is 3.94. The molecule has 0 unspecified atom stereocenters. The number of carbonyl (C=O) groups excluding carboxylic acids is 3. The lowest BCUT2D eigenvalue weighted by Gasteiger charge is -2.35. The molecule has 1 aromatic rings. The van der Waals surface area contributed by atoms with E-state index in [0.717, 1.165) is 5.56 Å². The van der Waals surface area contributed by atoms with Crippen LogP contribution in [0.1, 0.15) is 24.8 Å². The Hall–Kier alpha value is -2.97. The van der Waals surface area contributed by atoms with Crippen LogP contribution in [0.2, 0.25) is 0 Å². The molecule has 0 spiro atoms. The number of amides is 4. The van der Waals surface area contributed by atoms with Gasteiger partial charge in [-0.1, -0.05) is 6.07 Å². The molecule has 9 heteroatoms. The Morgan fingerprint density at radius 2 is 1.76 bits per heavy atom. The summed E-state index contributed by atoms with van der Waals surface area (Å²) in [6.07, 6.45) is 2.05. The smallest absolute Gasteiger partial charge is 0.324 e. The summed E-state index contributed by atoms with van der Waals surface area (Å²) in [6.45, 7) is 1.12. The first-order chi connectivity index (χ1) is 14.0. The fraction of sp³-hybridized carbons (Fsp3) is 0.550. The molecule has 29 heavy (non-hydrogen) atoms. The molecule has 158 valence electrons. The summed E-state index contributed by atoms with van der Waals surface area (Å²) < 4.78 is 16.1. The molecule has 0 aromatic heterocycles. The van der Waals surface area contributed by atoms with Gasteiger partial charge in [0.1, 0.15) is 0 Å². The maximum absolute atomic E-state index is 12.7. The number of hydrogen-bond donors (Lipinski definition) is 1. The molecule has 0 bridgehead atoms. The minimum Gasteiger partial charge on any atom is -0.493 e. The van der Waals surface area contributed by atoms with Crippen molar-refractivity contribution in [3.8, 4) is 17.2 Å². The van der Waals surface area contributed by atoms with E-state index in [1.165, 1.54) is 4.90 Å². The van der Waals surface area contributed by atoms with Crippen LogP contribution >= 0.6 is 0 Å². The summed E-state index contributed by atoms with van der Waals surface area (Å²) in [4.78, 5) is 39.4.